The first kappa shape index (κ1) is 14.5. The fourth-order valence-corrected chi connectivity index (χ4v) is 4.29. The van der Waals surface area contributed by atoms with Gasteiger partial charge in [-0.2, -0.15) is 11.8 Å². The Bertz CT molecular complexity index is 524. The summed E-state index contributed by atoms with van der Waals surface area (Å²) in [6.45, 7) is 2.53. The van der Waals surface area contributed by atoms with Gasteiger partial charge in [0.15, 0.2) is 0 Å². The second kappa shape index (κ2) is 5.64. The molecule has 0 aliphatic carbocycles. The molecule has 0 radical (unpaired) electrons. The standard InChI is InChI=1S/C11H18N4O2S2/c1-11(4-3-5-18-11)8-15-19(16,17)9-6-13-10(12-2)14-7-9/h6-7,15H,3-5,8H2,1-2H3,(H,12,13,14). The molecule has 1 aliphatic rings. The van der Waals surface area contributed by atoms with Crippen molar-refractivity contribution in [2.45, 2.75) is 29.4 Å². The predicted molar refractivity (Wildman–Crippen MR) is 76.9 cm³/mol. The number of anilines is 1. The van der Waals surface area contributed by atoms with Crippen LogP contribution in [0.5, 0.6) is 0 Å². The third kappa shape index (κ3) is 3.58. The van der Waals surface area contributed by atoms with E-state index >= 15 is 0 Å². The van der Waals surface area contributed by atoms with E-state index in [1.807, 2.05) is 11.8 Å². The van der Waals surface area contributed by atoms with Crippen LogP contribution in [0, 0.1) is 0 Å². The monoisotopic (exact) mass is 302 g/mol. The van der Waals surface area contributed by atoms with Crippen LogP contribution in [0.25, 0.3) is 0 Å². The third-order valence-electron chi connectivity index (χ3n) is 3.10. The van der Waals surface area contributed by atoms with Gasteiger partial charge in [-0.1, -0.05) is 0 Å². The highest BCUT2D eigenvalue weighted by Crippen LogP contribution is 2.37. The Labute approximate surface area is 117 Å². The van der Waals surface area contributed by atoms with E-state index in [1.165, 1.54) is 12.4 Å². The molecule has 1 aromatic rings. The molecule has 0 bridgehead atoms. The first-order valence-corrected chi connectivity index (χ1v) is 8.55. The number of hydrogen-bond acceptors (Lipinski definition) is 6. The summed E-state index contributed by atoms with van der Waals surface area (Å²) >= 11 is 1.82. The van der Waals surface area contributed by atoms with E-state index in [-0.39, 0.29) is 9.64 Å². The molecule has 0 aromatic carbocycles. The molecule has 1 fully saturated rings. The lowest BCUT2D eigenvalue weighted by Gasteiger charge is -2.22. The van der Waals surface area contributed by atoms with Gasteiger partial charge in [0.2, 0.25) is 16.0 Å². The number of nitrogens with one attached hydrogen (secondary N) is 2. The molecule has 1 saturated heterocycles. The smallest absolute Gasteiger partial charge is 0.243 e. The van der Waals surface area contributed by atoms with Crippen molar-refractivity contribution in [2.75, 3.05) is 24.7 Å². The summed E-state index contributed by atoms with van der Waals surface area (Å²) in [5, 5.41) is 2.75. The number of aromatic nitrogens is 2. The molecular formula is C11H18N4O2S2. The minimum atomic E-state index is -3.53. The van der Waals surface area contributed by atoms with E-state index in [1.54, 1.807) is 7.05 Å². The topological polar surface area (TPSA) is 84.0 Å². The van der Waals surface area contributed by atoms with E-state index < -0.39 is 10.0 Å². The van der Waals surface area contributed by atoms with Crippen LogP contribution in [0.1, 0.15) is 19.8 Å². The summed E-state index contributed by atoms with van der Waals surface area (Å²) in [4.78, 5) is 7.92. The number of hydrogen-bond donors (Lipinski definition) is 2. The van der Waals surface area contributed by atoms with Crippen LogP contribution in [-0.2, 0) is 10.0 Å². The largest absolute Gasteiger partial charge is 0.357 e. The summed E-state index contributed by atoms with van der Waals surface area (Å²) in [7, 11) is -1.85. The van der Waals surface area contributed by atoms with E-state index in [2.05, 4.69) is 26.9 Å². The van der Waals surface area contributed by atoms with Crippen LogP contribution < -0.4 is 10.0 Å². The summed E-state index contributed by atoms with van der Waals surface area (Å²) in [5.41, 5.74) is 0. The van der Waals surface area contributed by atoms with Gasteiger partial charge in [0.05, 0.1) is 12.4 Å². The van der Waals surface area contributed by atoms with Crippen LogP contribution in [-0.4, -0.2) is 42.5 Å². The van der Waals surface area contributed by atoms with Crippen molar-refractivity contribution in [1.82, 2.24) is 14.7 Å². The molecule has 1 aromatic heterocycles. The fraction of sp³-hybridized carbons (Fsp3) is 0.636. The maximum absolute atomic E-state index is 12.1. The van der Waals surface area contributed by atoms with Crippen molar-refractivity contribution < 1.29 is 8.42 Å². The van der Waals surface area contributed by atoms with Gasteiger partial charge in [-0.15, -0.1) is 0 Å². The minimum absolute atomic E-state index is 0.00115. The molecule has 0 amide bonds. The van der Waals surface area contributed by atoms with Gasteiger partial charge in [-0.05, 0) is 25.5 Å². The Morgan fingerprint density at radius 2 is 2.11 bits per heavy atom. The van der Waals surface area contributed by atoms with Crippen molar-refractivity contribution >= 4 is 27.7 Å². The average molecular weight is 302 g/mol. The number of sulfonamides is 1. The molecule has 1 atom stereocenters. The van der Waals surface area contributed by atoms with E-state index in [0.717, 1.165) is 18.6 Å². The Morgan fingerprint density at radius 1 is 1.42 bits per heavy atom. The fourth-order valence-electron chi connectivity index (χ4n) is 1.89. The van der Waals surface area contributed by atoms with E-state index in [4.69, 9.17) is 0 Å². The molecule has 1 unspecified atom stereocenters. The van der Waals surface area contributed by atoms with Crippen molar-refractivity contribution in [2.24, 2.45) is 0 Å². The maximum atomic E-state index is 12.1. The molecule has 2 N–H and O–H groups in total. The van der Waals surface area contributed by atoms with E-state index in [0.29, 0.717) is 12.5 Å². The number of thioether (sulfide) groups is 1. The zero-order chi connectivity index (χ0) is 13.9. The van der Waals surface area contributed by atoms with Crippen molar-refractivity contribution in [1.29, 1.82) is 0 Å². The Morgan fingerprint density at radius 3 is 2.63 bits per heavy atom. The molecule has 19 heavy (non-hydrogen) atoms. The zero-order valence-electron chi connectivity index (χ0n) is 11.0. The molecule has 0 saturated carbocycles. The van der Waals surface area contributed by atoms with Gasteiger partial charge >= 0.3 is 0 Å². The SMILES string of the molecule is CNc1ncc(S(=O)(=O)NCC2(C)CCCS2)cn1. The molecule has 2 rings (SSSR count). The van der Waals surface area contributed by atoms with Gasteiger partial charge < -0.3 is 5.32 Å². The molecule has 106 valence electrons. The lowest BCUT2D eigenvalue weighted by atomic mass is 10.1. The van der Waals surface area contributed by atoms with Gasteiger partial charge in [0.25, 0.3) is 0 Å². The molecule has 8 heteroatoms. The first-order chi connectivity index (χ1) is 8.95. The normalized spacial score (nSPS) is 23.5. The van der Waals surface area contributed by atoms with Crippen LogP contribution >= 0.6 is 11.8 Å². The van der Waals surface area contributed by atoms with Crippen molar-refractivity contribution in [3.05, 3.63) is 12.4 Å². The number of nitrogens with zero attached hydrogens (tertiary/aromatic N) is 2. The molecule has 2 heterocycles. The number of rotatable bonds is 5. The quantitative estimate of drug-likeness (QED) is 0.847. The minimum Gasteiger partial charge on any atom is -0.357 e. The summed E-state index contributed by atoms with van der Waals surface area (Å²) in [5.74, 6) is 1.50. The molecule has 0 spiro atoms. The van der Waals surface area contributed by atoms with Gasteiger partial charge in [-0.25, -0.2) is 23.1 Å². The Balaban J connectivity index is 2.05. The van der Waals surface area contributed by atoms with Crippen LogP contribution in [0.4, 0.5) is 5.95 Å². The summed E-state index contributed by atoms with van der Waals surface area (Å²) in [6, 6.07) is 0. The Hall–Kier alpha value is -0.860. The van der Waals surface area contributed by atoms with Gasteiger partial charge in [0, 0.05) is 18.3 Å². The molecule has 1 aliphatic heterocycles. The van der Waals surface area contributed by atoms with Crippen LogP contribution in [0.2, 0.25) is 0 Å². The average Bonchev–Trinajstić information content (AvgIpc) is 2.84. The van der Waals surface area contributed by atoms with Crippen LogP contribution in [0.15, 0.2) is 17.3 Å². The third-order valence-corrected chi connectivity index (χ3v) is 5.99. The van der Waals surface area contributed by atoms with Crippen LogP contribution in [0.3, 0.4) is 0 Å². The highest BCUT2D eigenvalue weighted by atomic mass is 32.2. The summed E-state index contributed by atoms with van der Waals surface area (Å²) in [6.07, 6.45) is 4.80. The highest BCUT2D eigenvalue weighted by molar-refractivity contribution is 8.01. The highest BCUT2D eigenvalue weighted by Gasteiger charge is 2.31. The molecule has 6 nitrogen and oxygen atoms in total. The van der Waals surface area contributed by atoms with Gasteiger partial charge in [0.1, 0.15) is 4.90 Å². The second-order valence-corrected chi connectivity index (χ2v) is 8.17. The lowest BCUT2D eigenvalue weighted by molar-refractivity contribution is 0.552. The zero-order valence-corrected chi connectivity index (χ0v) is 12.6. The van der Waals surface area contributed by atoms with Crippen molar-refractivity contribution in [3.63, 3.8) is 0 Å². The second-order valence-electron chi connectivity index (χ2n) is 4.72. The summed E-state index contributed by atoms with van der Waals surface area (Å²) < 4.78 is 26.9. The van der Waals surface area contributed by atoms with Crippen molar-refractivity contribution in [3.8, 4) is 0 Å². The Kier molecular flexibility index (Phi) is 4.32. The lowest BCUT2D eigenvalue weighted by Crippen LogP contribution is -2.36. The first-order valence-electron chi connectivity index (χ1n) is 6.09. The predicted octanol–water partition coefficient (Wildman–Crippen LogP) is 1.08. The maximum Gasteiger partial charge on any atom is 0.243 e. The molecular weight excluding hydrogens is 284 g/mol. The van der Waals surface area contributed by atoms with E-state index in [9.17, 15) is 8.42 Å². The van der Waals surface area contributed by atoms with Gasteiger partial charge in [-0.3, -0.25) is 0 Å².